The fraction of sp³-hybridized carbons (Fsp3) is 0.158. The second kappa shape index (κ2) is 8.53. The number of benzene rings is 2. The van der Waals surface area contributed by atoms with Crippen LogP contribution in [-0.2, 0) is 9.53 Å². The Balaban J connectivity index is 2.70. The Hall–Kier alpha value is -2.80. The normalized spacial score (nSPS) is 11.0. The summed E-state index contributed by atoms with van der Waals surface area (Å²) in [5, 5.41) is 9.42. The quantitative estimate of drug-likeness (QED) is 0.433. The van der Waals surface area contributed by atoms with Crippen molar-refractivity contribution in [2.45, 2.75) is 0 Å². The van der Waals surface area contributed by atoms with Crippen molar-refractivity contribution in [1.29, 1.82) is 0 Å². The fourth-order valence-electron chi connectivity index (χ4n) is 2.40. The molecule has 2 aromatic rings. The van der Waals surface area contributed by atoms with Gasteiger partial charge in [0.05, 0.1) is 32.5 Å². The lowest BCUT2D eigenvalue weighted by Crippen LogP contribution is -2.09. The summed E-state index contributed by atoms with van der Waals surface area (Å²) < 4.78 is 16.0. The number of hydrogen-bond acceptors (Lipinski definition) is 5. The summed E-state index contributed by atoms with van der Waals surface area (Å²) >= 11 is 3.42. The minimum Gasteiger partial charge on any atom is -0.493 e. The predicted molar refractivity (Wildman–Crippen MR) is 101 cm³/mol. The monoisotopic (exact) mass is 420 g/mol. The number of carboxylic acid groups (broad SMARTS) is 1. The second-order valence-electron chi connectivity index (χ2n) is 5.13. The third kappa shape index (κ3) is 4.05. The Kier molecular flexibility index (Phi) is 6.41. The Morgan fingerprint density at radius 1 is 1.00 bits per heavy atom. The van der Waals surface area contributed by atoms with Crippen molar-refractivity contribution in [3.8, 4) is 11.5 Å². The smallest absolute Gasteiger partial charge is 0.338 e. The Bertz CT molecular complexity index is 872. The van der Waals surface area contributed by atoms with E-state index < -0.39 is 11.9 Å². The molecule has 0 amide bonds. The van der Waals surface area contributed by atoms with Gasteiger partial charge in [0.1, 0.15) is 0 Å². The van der Waals surface area contributed by atoms with E-state index in [2.05, 4.69) is 15.9 Å². The number of carbonyl (C=O) groups is 2. The highest BCUT2D eigenvalue weighted by Gasteiger charge is 2.20. The van der Waals surface area contributed by atoms with Crippen molar-refractivity contribution in [3.63, 3.8) is 0 Å². The predicted octanol–water partition coefficient (Wildman–Crippen LogP) is 3.88. The molecule has 0 aromatic heterocycles. The summed E-state index contributed by atoms with van der Waals surface area (Å²) in [6, 6.07) is 9.60. The third-order valence-electron chi connectivity index (χ3n) is 3.66. The average molecular weight is 421 g/mol. The van der Waals surface area contributed by atoms with Gasteiger partial charge in [-0.25, -0.2) is 9.59 Å². The first-order valence-electron chi connectivity index (χ1n) is 7.47. The van der Waals surface area contributed by atoms with Crippen LogP contribution in [0, 0.1) is 0 Å². The second-order valence-corrected chi connectivity index (χ2v) is 5.98. The topological polar surface area (TPSA) is 82.1 Å². The molecule has 136 valence electrons. The summed E-state index contributed by atoms with van der Waals surface area (Å²) in [5.41, 5.74) is 0.968. The van der Waals surface area contributed by atoms with Gasteiger partial charge in [0.2, 0.25) is 0 Å². The van der Waals surface area contributed by atoms with Crippen LogP contribution in [0.1, 0.15) is 21.5 Å². The zero-order valence-electron chi connectivity index (χ0n) is 14.4. The molecule has 0 unspecified atom stereocenters. The lowest BCUT2D eigenvalue weighted by atomic mass is 9.97. The summed E-state index contributed by atoms with van der Waals surface area (Å²) in [5.74, 6) is -0.804. The molecule has 0 radical (unpaired) electrons. The van der Waals surface area contributed by atoms with Gasteiger partial charge in [-0.1, -0.05) is 34.1 Å². The first-order valence-corrected chi connectivity index (χ1v) is 8.26. The number of rotatable bonds is 6. The zero-order chi connectivity index (χ0) is 19.3. The van der Waals surface area contributed by atoms with Gasteiger partial charge >= 0.3 is 11.9 Å². The van der Waals surface area contributed by atoms with E-state index in [0.717, 1.165) is 0 Å². The molecule has 1 N–H and O–H groups in total. The molecule has 0 aliphatic carbocycles. The molecule has 0 aliphatic heterocycles. The molecule has 26 heavy (non-hydrogen) atoms. The lowest BCUT2D eigenvalue weighted by molar-refractivity contribution is -0.133. The molecule has 0 spiro atoms. The van der Waals surface area contributed by atoms with Crippen molar-refractivity contribution >= 4 is 39.5 Å². The van der Waals surface area contributed by atoms with Gasteiger partial charge in [-0.15, -0.1) is 0 Å². The van der Waals surface area contributed by atoms with Crippen molar-refractivity contribution in [2.24, 2.45) is 0 Å². The highest BCUT2D eigenvalue weighted by Crippen LogP contribution is 2.35. The van der Waals surface area contributed by atoms with E-state index in [9.17, 15) is 14.7 Å². The van der Waals surface area contributed by atoms with Crippen LogP contribution in [0.3, 0.4) is 0 Å². The van der Waals surface area contributed by atoms with E-state index in [0.29, 0.717) is 21.5 Å². The van der Waals surface area contributed by atoms with Gasteiger partial charge in [-0.2, -0.15) is 0 Å². The number of aromatic carboxylic acids is 1. The maximum absolute atomic E-state index is 12.3. The van der Waals surface area contributed by atoms with Crippen LogP contribution < -0.4 is 9.47 Å². The molecule has 0 fully saturated rings. The van der Waals surface area contributed by atoms with E-state index in [1.54, 1.807) is 36.4 Å². The summed E-state index contributed by atoms with van der Waals surface area (Å²) in [7, 11) is 4.26. The number of methoxy groups -OCH3 is 3. The molecular weight excluding hydrogens is 404 g/mol. The minimum atomic E-state index is -1.14. The number of ether oxygens (including phenoxy) is 3. The van der Waals surface area contributed by atoms with Gasteiger partial charge in [-0.3, -0.25) is 0 Å². The van der Waals surface area contributed by atoms with Gasteiger partial charge in [-0.05, 0) is 29.8 Å². The highest BCUT2D eigenvalue weighted by atomic mass is 79.9. The summed E-state index contributed by atoms with van der Waals surface area (Å²) in [6.07, 6.45) is 1.54. The van der Waals surface area contributed by atoms with Crippen LogP contribution in [0.25, 0.3) is 11.6 Å². The molecule has 6 nitrogen and oxygen atoms in total. The van der Waals surface area contributed by atoms with E-state index in [1.807, 2.05) is 0 Å². The van der Waals surface area contributed by atoms with Gasteiger partial charge in [0.25, 0.3) is 0 Å². The number of halogens is 1. The SMILES string of the molecule is COC(=O)/C(=C\c1cc(OC)c(OC)cc1Br)c1ccccc1C(=O)O. The fourth-order valence-corrected chi connectivity index (χ4v) is 2.83. The molecule has 0 heterocycles. The molecule has 7 heteroatoms. The minimum absolute atomic E-state index is 0.000694. The standard InChI is InChI=1S/C19H17BrO6/c1-24-16-9-11(15(20)10-17(16)25-2)8-14(19(23)26-3)12-6-4-5-7-13(12)18(21)22/h4-10H,1-3H3,(H,21,22)/b14-8-. The van der Waals surface area contributed by atoms with E-state index in [-0.39, 0.29) is 16.7 Å². The Morgan fingerprint density at radius 3 is 2.12 bits per heavy atom. The molecule has 2 rings (SSSR count). The van der Waals surface area contributed by atoms with E-state index >= 15 is 0 Å². The van der Waals surface area contributed by atoms with Crippen LogP contribution >= 0.6 is 15.9 Å². The number of esters is 1. The van der Waals surface area contributed by atoms with Crippen LogP contribution in [0.5, 0.6) is 11.5 Å². The molecule has 0 saturated heterocycles. The zero-order valence-corrected chi connectivity index (χ0v) is 16.0. The highest BCUT2D eigenvalue weighted by molar-refractivity contribution is 9.10. The molecule has 0 atom stereocenters. The first-order chi connectivity index (χ1) is 12.4. The lowest BCUT2D eigenvalue weighted by Gasteiger charge is -2.12. The van der Waals surface area contributed by atoms with Crippen molar-refractivity contribution in [3.05, 3.63) is 57.6 Å². The van der Waals surface area contributed by atoms with Crippen LogP contribution in [0.2, 0.25) is 0 Å². The van der Waals surface area contributed by atoms with Crippen molar-refractivity contribution in [2.75, 3.05) is 21.3 Å². The van der Waals surface area contributed by atoms with Crippen molar-refractivity contribution in [1.82, 2.24) is 0 Å². The Morgan fingerprint density at radius 2 is 1.58 bits per heavy atom. The van der Waals surface area contributed by atoms with Gasteiger partial charge in [0, 0.05) is 10.0 Å². The maximum Gasteiger partial charge on any atom is 0.338 e. The number of carbonyl (C=O) groups excluding carboxylic acids is 1. The van der Waals surface area contributed by atoms with Gasteiger partial charge in [0.15, 0.2) is 11.5 Å². The van der Waals surface area contributed by atoms with E-state index in [4.69, 9.17) is 14.2 Å². The van der Waals surface area contributed by atoms with Crippen molar-refractivity contribution < 1.29 is 28.9 Å². The van der Waals surface area contributed by atoms with E-state index in [1.165, 1.54) is 27.4 Å². The molecular formula is C19H17BrO6. The first kappa shape index (κ1) is 19.5. The molecule has 0 saturated carbocycles. The summed E-state index contributed by atoms with van der Waals surface area (Å²) in [6.45, 7) is 0. The van der Waals surface area contributed by atoms with Gasteiger partial charge < -0.3 is 19.3 Å². The Labute approximate surface area is 159 Å². The molecule has 2 aromatic carbocycles. The van der Waals surface area contributed by atoms with Crippen LogP contribution in [0.4, 0.5) is 0 Å². The average Bonchev–Trinajstić information content (AvgIpc) is 2.66. The van der Waals surface area contributed by atoms with Crippen LogP contribution in [-0.4, -0.2) is 38.4 Å². The number of carboxylic acids is 1. The maximum atomic E-state index is 12.3. The molecule has 0 bridgehead atoms. The third-order valence-corrected chi connectivity index (χ3v) is 4.34. The number of hydrogen-bond donors (Lipinski definition) is 1. The van der Waals surface area contributed by atoms with Crippen LogP contribution in [0.15, 0.2) is 40.9 Å². The molecule has 0 aliphatic rings. The largest absolute Gasteiger partial charge is 0.493 e. The summed E-state index contributed by atoms with van der Waals surface area (Å²) in [4.78, 5) is 23.8.